The topological polar surface area (TPSA) is 16.4 Å². The summed E-state index contributed by atoms with van der Waals surface area (Å²) in [5, 5.41) is 4.68. The Morgan fingerprint density at radius 1 is 0.525 bits per heavy atom. The van der Waals surface area contributed by atoms with Crippen LogP contribution in [0, 0.1) is 5.82 Å². The van der Waals surface area contributed by atoms with E-state index in [2.05, 4.69) is 95.9 Å². The van der Waals surface area contributed by atoms with E-state index in [4.69, 9.17) is 4.42 Å². The molecule has 0 spiro atoms. The molecule has 2 aromatic heterocycles. The van der Waals surface area contributed by atoms with Crippen molar-refractivity contribution in [2.45, 2.75) is 0 Å². The van der Waals surface area contributed by atoms with Crippen LogP contribution < -0.4 is 4.90 Å². The van der Waals surface area contributed by atoms with Gasteiger partial charge < -0.3 is 9.32 Å². The highest BCUT2D eigenvalue weighted by molar-refractivity contribution is 7.26. The molecule has 0 bridgehead atoms. The molecule has 0 aliphatic carbocycles. The Labute approximate surface area is 234 Å². The average Bonchev–Trinajstić information content (AvgIpc) is 3.58. The number of hydrogen-bond acceptors (Lipinski definition) is 3. The van der Waals surface area contributed by atoms with Crippen molar-refractivity contribution in [2.75, 3.05) is 4.90 Å². The van der Waals surface area contributed by atoms with Gasteiger partial charge in [0.05, 0.1) is 21.5 Å². The number of hydrogen-bond donors (Lipinski definition) is 0. The van der Waals surface area contributed by atoms with Crippen molar-refractivity contribution in [3.8, 4) is 11.1 Å². The lowest BCUT2D eigenvalue weighted by molar-refractivity contribution is 0.628. The molecule has 0 saturated heterocycles. The number of anilines is 3. The van der Waals surface area contributed by atoms with Crippen molar-refractivity contribution < 1.29 is 8.81 Å². The van der Waals surface area contributed by atoms with Gasteiger partial charge >= 0.3 is 0 Å². The molecule has 0 saturated carbocycles. The Balaban J connectivity index is 1.40. The van der Waals surface area contributed by atoms with Gasteiger partial charge in [0.25, 0.3) is 0 Å². The zero-order chi connectivity index (χ0) is 26.6. The van der Waals surface area contributed by atoms with E-state index in [0.717, 1.165) is 50.1 Å². The Hall–Kier alpha value is -4.93. The largest absolute Gasteiger partial charge is 0.456 e. The molecule has 190 valence electrons. The minimum atomic E-state index is -0.233. The fourth-order valence-corrected chi connectivity index (χ4v) is 6.91. The lowest BCUT2D eigenvalue weighted by Gasteiger charge is -2.27. The minimum absolute atomic E-state index is 0.233. The molecule has 4 heteroatoms. The fraction of sp³-hybridized carbons (Fsp3) is 0. The molecule has 0 atom stereocenters. The summed E-state index contributed by atoms with van der Waals surface area (Å²) in [4.78, 5) is 2.34. The maximum absolute atomic E-state index is 13.6. The molecule has 0 unspecified atom stereocenters. The van der Waals surface area contributed by atoms with Gasteiger partial charge in [-0.05, 0) is 65.7 Å². The van der Waals surface area contributed by atoms with E-state index >= 15 is 0 Å². The summed E-state index contributed by atoms with van der Waals surface area (Å²) in [6.07, 6.45) is 0. The third-order valence-electron chi connectivity index (χ3n) is 7.55. The number of furan rings is 1. The number of rotatable bonds is 4. The van der Waals surface area contributed by atoms with E-state index in [0.29, 0.717) is 0 Å². The normalized spacial score (nSPS) is 11.6. The molecular formula is C36H22FNOS. The van der Waals surface area contributed by atoms with E-state index in [-0.39, 0.29) is 5.82 Å². The van der Waals surface area contributed by atoms with Gasteiger partial charge in [0.2, 0.25) is 0 Å². The number of halogens is 1. The Morgan fingerprint density at radius 3 is 1.98 bits per heavy atom. The van der Waals surface area contributed by atoms with E-state index in [1.54, 1.807) is 0 Å². The van der Waals surface area contributed by atoms with Gasteiger partial charge in [-0.1, -0.05) is 78.9 Å². The summed E-state index contributed by atoms with van der Waals surface area (Å²) in [7, 11) is 0. The molecule has 6 aromatic carbocycles. The maximum atomic E-state index is 13.6. The van der Waals surface area contributed by atoms with Gasteiger partial charge in [0.15, 0.2) is 0 Å². The zero-order valence-electron chi connectivity index (χ0n) is 21.3. The van der Waals surface area contributed by atoms with Crippen LogP contribution in [0.15, 0.2) is 138 Å². The second-order valence-electron chi connectivity index (χ2n) is 9.89. The van der Waals surface area contributed by atoms with Crippen LogP contribution in [-0.2, 0) is 0 Å². The molecule has 40 heavy (non-hydrogen) atoms. The third kappa shape index (κ3) is 3.61. The first kappa shape index (κ1) is 23.0. The molecule has 2 heterocycles. The third-order valence-corrected chi connectivity index (χ3v) is 8.76. The molecule has 0 aliphatic heterocycles. The van der Waals surface area contributed by atoms with Crippen LogP contribution in [0.2, 0.25) is 0 Å². The van der Waals surface area contributed by atoms with E-state index < -0.39 is 0 Å². The summed E-state index contributed by atoms with van der Waals surface area (Å²) >= 11 is 1.82. The zero-order valence-corrected chi connectivity index (χ0v) is 22.2. The predicted octanol–water partition coefficient (Wildman–Crippen LogP) is 11.2. The molecule has 0 N–H and O–H groups in total. The van der Waals surface area contributed by atoms with Gasteiger partial charge in [0, 0.05) is 26.5 Å². The number of thiophene rings is 1. The average molecular weight is 536 g/mol. The number of fused-ring (bicyclic) bond motifs is 6. The van der Waals surface area contributed by atoms with Crippen LogP contribution in [0.3, 0.4) is 0 Å². The van der Waals surface area contributed by atoms with Gasteiger partial charge in [-0.2, -0.15) is 0 Å². The standard InChI is InChI=1S/C36H22FNOS/c37-25-19-15-23(16-20-25)24-17-21-26(22-18-24)38(30-10-6-13-33-35(30)29-8-1-3-12-32(29)39-33)31-11-5-9-28-27-7-2-4-14-34(27)40-36(28)31/h1-22H. The molecule has 0 radical (unpaired) electrons. The predicted molar refractivity (Wildman–Crippen MR) is 167 cm³/mol. The molecular weight excluding hydrogens is 513 g/mol. The first-order valence-electron chi connectivity index (χ1n) is 13.2. The molecule has 8 aromatic rings. The number of benzene rings is 6. The maximum Gasteiger partial charge on any atom is 0.137 e. The number of nitrogens with zero attached hydrogens (tertiary/aromatic N) is 1. The van der Waals surface area contributed by atoms with Crippen molar-refractivity contribution in [2.24, 2.45) is 0 Å². The smallest absolute Gasteiger partial charge is 0.137 e. The van der Waals surface area contributed by atoms with Gasteiger partial charge in [-0.3, -0.25) is 0 Å². The van der Waals surface area contributed by atoms with Gasteiger partial charge in [0.1, 0.15) is 17.0 Å². The number of para-hydroxylation sites is 1. The van der Waals surface area contributed by atoms with E-state index in [1.165, 1.54) is 32.3 Å². The van der Waals surface area contributed by atoms with E-state index in [9.17, 15) is 4.39 Å². The molecule has 0 aliphatic rings. The monoisotopic (exact) mass is 535 g/mol. The molecule has 8 rings (SSSR count). The van der Waals surface area contributed by atoms with Crippen molar-refractivity contribution in [3.63, 3.8) is 0 Å². The Morgan fingerprint density at radius 2 is 1.15 bits per heavy atom. The van der Waals surface area contributed by atoms with Crippen LogP contribution in [-0.4, -0.2) is 0 Å². The van der Waals surface area contributed by atoms with Gasteiger partial charge in [-0.15, -0.1) is 11.3 Å². The molecule has 0 amide bonds. The summed E-state index contributed by atoms with van der Waals surface area (Å²) < 4.78 is 22.3. The van der Waals surface area contributed by atoms with Crippen molar-refractivity contribution in [1.29, 1.82) is 0 Å². The van der Waals surface area contributed by atoms with Crippen LogP contribution in [0.25, 0.3) is 53.2 Å². The van der Waals surface area contributed by atoms with Crippen molar-refractivity contribution in [1.82, 2.24) is 0 Å². The quantitative estimate of drug-likeness (QED) is 0.223. The summed E-state index contributed by atoms with van der Waals surface area (Å²) in [6.45, 7) is 0. The van der Waals surface area contributed by atoms with Crippen LogP contribution in [0.5, 0.6) is 0 Å². The van der Waals surface area contributed by atoms with Crippen molar-refractivity contribution in [3.05, 3.63) is 139 Å². The summed E-state index contributed by atoms with van der Waals surface area (Å²) in [5.41, 5.74) is 6.96. The second-order valence-corrected chi connectivity index (χ2v) is 10.9. The first-order valence-corrected chi connectivity index (χ1v) is 14.0. The summed E-state index contributed by atoms with van der Waals surface area (Å²) in [5.74, 6) is -0.233. The van der Waals surface area contributed by atoms with Crippen LogP contribution in [0.4, 0.5) is 21.5 Å². The SMILES string of the molecule is Fc1ccc(-c2ccc(N(c3cccc4c3sc3ccccc34)c3cccc4oc5ccccc5c34)cc2)cc1. The Kier molecular flexibility index (Phi) is 5.22. The highest BCUT2D eigenvalue weighted by Crippen LogP contribution is 2.47. The van der Waals surface area contributed by atoms with Crippen LogP contribution >= 0.6 is 11.3 Å². The highest BCUT2D eigenvalue weighted by atomic mass is 32.1. The Bertz CT molecular complexity index is 2170. The minimum Gasteiger partial charge on any atom is -0.456 e. The van der Waals surface area contributed by atoms with E-state index in [1.807, 2.05) is 41.7 Å². The fourth-order valence-electron chi connectivity index (χ4n) is 5.70. The second kappa shape index (κ2) is 9.08. The van der Waals surface area contributed by atoms with Crippen molar-refractivity contribution >= 4 is 70.5 Å². The summed E-state index contributed by atoms with van der Waals surface area (Å²) in [6, 6.07) is 44.8. The molecule has 2 nitrogen and oxygen atoms in total. The molecule has 0 fully saturated rings. The lowest BCUT2D eigenvalue weighted by Crippen LogP contribution is -2.10. The van der Waals surface area contributed by atoms with Crippen LogP contribution in [0.1, 0.15) is 0 Å². The highest BCUT2D eigenvalue weighted by Gasteiger charge is 2.22. The lowest BCUT2D eigenvalue weighted by atomic mass is 10.0. The first-order chi connectivity index (χ1) is 19.7. The van der Waals surface area contributed by atoms with Gasteiger partial charge in [-0.25, -0.2) is 4.39 Å².